The lowest BCUT2D eigenvalue weighted by atomic mass is 9.89. The maximum absolute atomic E-state index is 9.04. The van der Waals surface area contributed by atoms with Crippen LogP contribution >= 0.6 is 0 Å². The van der Waals surface area contributed by atoms with Gasteiger partial charge in [0, 0.05) is 17.3 Å². The zero-order valence-corrected chi connectivity index (χ0v) is 10.1. The summed E-state index contributed by atoms with van der Waals surface area (Å²) in [7, 11) is 0. The molecule has 0 aromatic carbocycles. The zero-order chi connectivity index (χ0) is 11.7. The second kappa shape index (κ2) is 4.55. The van der Waals surface area contributed by atoms with E-state index in [0.29, 0.717) is 12.5 Å². The zero-order valence-electron chi connectivity index (χ0n) is 10.1. The monoisotopic (exact) mass is 223 g/mol. The highest BCUT2D eigenvalue weighted by molar-refractivity contribution is 5.33. The van der Waals surface area contributed by atoms with E-state index in [0.717, 1.165) is 25.0 Å². The molecule has 0 aliphatic heterocycles. The van der Waals surface area contributed by atoms with Crippen molar-refractivity contribution in [1.82, 2.24) is 9.78 Å². The Kier molecular flexibility index (Phi) is 3.30. The summed E-state index contributed by atoms with van der Waals surface area (Å²) in [6, 6.07) is 0.133. The topological polar surface area (TPSA) is 64.1 Å². The Hall–Kier alpha value is -0.870. The number of aliphatic hydroxyl groups is 1. The Labute approximate surface area is 96.5 Å². The summed E-state index contributed by atoms with van der Waals surface area (Å²) >= 11 is 0. The third-order valence-corrected chi connectivity index (χ3v) is 3.29. The standard InChI is InChI=1S/C12H21N3O/c1-8(2)12-11-9(13)4-3-5-10(11)15(14-12)6-7-16/h8-9,16H,3-7,13H2,1-2H3. The Morgan fingerprint density at radius 2 is 2.31 bits per heavy atom. The minimum atomic E-state index is 0.133. The number of aliphatic hydroxyl groups excluding tert-OH is 1. The van der Waals surface area contributed by atoms with E-state index in [1.807, 2.05) is 4.68 Å². The van der Waals surface area contributed by atoms with E-state index in [-0.39, 0.29) is 12.6 Å². The highest BCUT2D eigenvalue weighted by Gasteiger charge is 2.27. The smallest absolute Gasteiger partial charge is 0.0700 e. The van der Waals surface area contributed by atoms with Gasteiger partial charge in [-0.2, -0.15) is 5.10 Å². The van der Waals surface area contributed by atoms with Crippen molar-refractivity contribution in [2.24, 2.45) is 5.73 Å². The summed E-state index contributed by atoms with van der Waals surface area (Å²) in [6.45, 7) is 5.02. The SMILES string of the molecule is CC(C)c1nn(CCO)c2c1C(N)CCC2. The van der Waals surface area contributed by atoms with Crippen molar-refractivity contribution in [1.29, 1.82) is 0 Å². The van der Waals surface area contributed by atoms with E-state index < -0.39 is 0 Å². The van der Waals surface area contributed by atoms with Crippen LogP contribution in [0.5, 0.6) is 0 Å². The van der Waals surface area contributed by atoms with Crippen molar-refractivity contribution < 1.29 is 5.11 Å². The van der Waals surface area contributed by atoms with Crippen LogP contribution in [0.2, 0.25) is 0 Å². The second-order valence-electron chi connectivity index (χ2n) is 4.85. The molecule has 1 unspecified atom stereocenters. The lowest BCUT2D eigenvalue weighted by Crippen LogP contribution is -2.20. The van der Waals surface area contributed by atoms with Gasteiger partial charge in [0.15, 0.2) is 0 Å². The van der Waals surface area contributed by atoms with Gasteiger partial charge in [-0.3, -0.25) is 4.68 Å². The van der Waals surface area contributed by atoms with Gasteiger partial charge in [0.25, 0.3) is 0 Å². The molecule has 0 fully saturated rings. The maximum Gasteiger partial charge on any atom is 0.0700 e. The molecular formula is C12H21N3O. The van der Waals surface area contributed by atoms with Gasteiger partial charge in [-0.15, -0.1) is 0 Å². The van der Waals surface area contributed by atoms with Crippen molar-refractivity contribution >= 4 is 0 Å². The molecule has 1 aromatic heterocycles. The molecule has 90 valence electrons. The van der Waals surface area contributed by atoms with Crippen LogP contribution in [0.25, 0.3) is 0 Å². The fraction of sp³-hybridized carbons (Fsp3) is 0.750. The molecular weight excluding hydrogens is 202 g/mol. The third-order valence-electron chi connectivity index (χ3n) is 3.29. The van der Waals surface area contributed by atoms with Gasteiger partial charge >= 0.3 is 0 Å². The molecule has 16 heavy (non-hydrogen) atoms. The van der Waals surface area contributed by atoms with Gasteiger partial charge in [0.05, 0.1) is 18.8 Å². The van der Waals surface area contributed by atoms with Gasteiger partial charge < -0.3 is 10.8 Å². The first-order valence-electron chi connectivity index (χ1n) is 6.11. The lowest BCUT2D eigenvalue weighted by molar-refractivity contribution is 0.266. The molecule has 0 saturated heterocycles. The third kappa shape index (κ3) is 1.87. The average Bonchev–Trinajstić information content (AvgIpc) is 2.60. The van der Waals surface area contributed by atoms with Gasteiger partial charge in [-0.05, 0) is 25.2 Å². The Balaban J connectivity index is 2.47. The van der Waals surface area contributed by atoms with Crippen molar-refractivity contribution in [3.05, 3.63) is 17.0 Å². The van der Waals surface area contributed by atoms with Crippen LogP contribution < -0.4 is 5.73 Å². The van der Waals surface area contributed by atoms with Gasteiger partial charge in [0.2, 0.25) is 0 Å². The first-order valence-corrected chi connectivity index (χ1v) is 6.11. The fourth-order valence-electron chi connectivity index (χ4n) is 2.54. The fourth-order valence-corrected chi connectivity index (χ4v) is 2.54. The number of rotatable bonds is 3. The van der Waals surface area contributed by atoms with Gasteiger partial charge in [0.1, 0.15) is 0 Å². The average molecular weight is 223 g/mol. The van der Waals surface area contributed by atoms with Crippen molar-refractivity contribution in [2.75, 3.05) is 6.61 Å². The molecule has 0 amide bonds. The molecule has 1 aliphatic carbocycles. The second-order valence-corrected chi connectivity index (χ2v) is 4.85. The molecule has 0 radical (unpaired) electrons. The largest absolute Gasteiger partial charge is 0.394 e. The summed E-state index contributed by atoms with van der Waals surface area (Å²) < 4.78 is 1.95. The number of nitrogens with zero attached hydrogens (tertiary/aromatic N) is 2. The Morgan fingerprint density at radius 3 is 2.94 bits per heavy atom. The number of hydrogen-bond donors (Lipinski definition) is 2. The van der Waals surface area contributed by atoms with E-state index >= 15 is 0 Å². The Morgan fingerprint density at radius 1 is 1.56 bits per heavy atom. The summed E-state index contributed by atoms with van der Waals surface area (Å²) in [5, 5.41) is 13.7. The lowest BCUT2D eigenvalue weighted by Gasteiger charge is -2.21. The van der Waals surface area contributed by atoms with Crippen LogP contribution in [0.1, 0.15) is 55.6 Å². The number of nitrogens with two attached hydrogens (primary N) is 1. The summed E-state index contributed by atoms with van der Waals surface area (Å²) in [6.07, 6.45) is 3.23. The predicted molar refractivity (Wildman–Crippen MR) is 63.3 cm³/mol. The number of fused-ring (bicyclic) bond motifs is 1. The molecule has 3 N–H and O–H groups in total. The maximum atomic E-state index is 9.04. The van der Waals surface area contributed by atoms with Crippen molar-refractivity contribution in [3.63, 3.8) is 0 Å². The molecule has 1 aliphatic rings. The summed E-state index contributed by atoms with van der Waals surface area (Å²) in [4.78, 5) is 0. The van der Waals surface area contributed by atoms with Crippen LogP contribution in [0.15, 0.2) is 0 Å². The van der Waals surface area contributed by atoms with Crippen LogP contribution in [0.3, 0.4) is 0 Å². The molecule has 2 rings (SSSR count). The molecule has 0 bridgehead atoms. The number of hydrogen-bond acceptors (Lipinski definition) is 3. The molecule has 0 saturated carbocycles. The normalized spacial score (nSPS) is 20.2. The van der Waals surface area contributed by atoms with E-state index in [4.69, 9.17) is 10.8 Å². The highest BCUT2D eigenvalue weighted by atomic mass is 16.3. The number of aromatic nitrogens is 2. The summed E-state index contributed by atoms with van der Waals surface area (Å²) in [5.41, 5.74) is 9.79. The molecule has 4 nitrogen and oxygen atoms in total. The van der Waals surface area contributed by atoms with Crippen LogP contribution in [0.4, 0.5) is 0 Å². The van der Waals surface area contributed by atoms with Gasteiger partial charge in [-0.25, -0.2) is 0 Å². The van der Waals surface area contributed by atoms with Crippen LogP contribution in [0, 0.1) is 0 Å². The van der Waals surface area contributed by atoms with Crippen LogP contribution in [-0.2, 0) is 13.0 Å². The molecule has 0 spiro atoms. The van der Waals surface area contributed by atoms with E-state index in [1.54, 1.807) is 0 Å². The molecule has 1 atom stereocenters. The van der Waals surface area contributed by atoms with E-state index in [9.17, 15) is 0 Å². The van der Waals surface area contributed by atoms with E-state index in [2.05, 4.69) is 18.9 Å². The van der Waals surface area contributed by atoms with Crippen molar-refractivity contribution in [3.8, 4) is 0 Å². The molecule has 4 heteroatoms. The molecule has 1 heterocycles. The van der Waals surface area contributed by atoms with Crippen molar-refractivity contribution in [2.45, 2.75) is 51.6 Å². The van der Waals surface area contributed by atoms with E-state index in [1.165, 1.54) is 11.3 Å². The Bertz CT molecular complexity index is 371. The predicted octanol–water partition coefficient (Wildman–Crippen LogP) is 1.33. The molecule has 1 aromatic rings. The van der Waals surface area contributed by atoms with Crippen LogP contribution in [-0.4, -0.2) is 21.5 Å². The quantitative estimate of drug-likeness (QED) is 0.812. The highest BCUT2D eigenvalue weighted by Crippen LogP contribution is 2.33. The first kappa shape index (κ1) is 11.6. The first-order chi connectivity index (χ1) is 7.65. The van der Waals surface area contributed by atoms with Gasteiger partial charge in [-0.1, -0.05) is 13.8 Å². The minimum absolute atomic E-state index is 0.133. The minimum Gasteiger partial charge on any atom is -0.394 e. The summed E-state index contributed by atoms with van der Waals surface area (Å²) in [5.74, 6) is 0.401.